The summed E-state index contributed by atoms with van der Waals surface area (Å²) in [6, 6.07) is 11.0. The van der Waals surface area contributed by atoms with Gasteiger partial charge in [0.05, 0.1) is 28.0 Å². The molecule has 0 aliphatic heterocycles. The molecule has 3 rings (SSSR count). The van der Waals surface area contributed by atoms with Crippen molar-refractivity contribution in [3.05, 3.63) is 59.4 Å². The zero-order valence-corrected chi connectivity index (χ0v) is 11.5. The van der Waals surface area contributed by atoms with Gasteiger partial charge in [-0.25, -0.2) is 9.78 Å². The first-order chi connectivity index (χ1) is 10.1. The minimum Gasteiger partial charge on any atom is -0.478 e. The van der Waals surface area contributed by atoms with E-state index in [1.807, 2.05) is 30.3 Å². The normalized spacial score (nSPS) is 10.5. The highest BCUT2D eigenvalue weighted by Crippen LogP contribution is 2.25. The summed E-state index contributed by atoms with van der Waals surface area (Å²) in [6.07, 6.45) is 2.93. The molecule has 0 bridgehead atoms. The molecule has 21 heavy (non-hydrogen) atoms. The molecule has 1 aromatic carbocycles. The van der Waals surface area contributed by atoms with Gasteiger partial charge in [0.25, 0.3) is 0 Å². The summed E-state index contributed by atoms with van der Waals surface area (Å²) >= 11 is 6.03. The Labute approximate surface area is 125 Å². The number of rotatable bonds is 3. The van der Waals surface area contributed by atoms with Crippen LogP contribution in [0.5, 0.6) is 0 Å². The standard InChI is InChI=1S/C15H10ClN3O2/c16-12-6-10(15(20)21)7-18-14(12)19-11-5-9-3-1-2-4-13(9)17-8-11/h1-8H,(H,18,19)(H,20,21). The molecule has 0 saturated heterocycles. The van der Waals surface area contributed by atoms with Crippen LogP contribution in [-0.4, -0.2) is 21.0 Å². The third kappa shape index (κ3) is 2.78. The summed E-state index contributed by atoms with van der Waals surface area (Å²) in [5.74, 6) is -0.679. The van der Waals surface area contributed by atoms with E-state index >= 15 is 0 Å². The number of benzene rings is 1. The van der Waals surface area contributed by atoms with E-state index < -0.39 is 5.97 Å². The second-order valence-corrected chi connectivity index (χ2v) is 4.81. The number of halogens is 1. The van der Waals surface area contributed by atoms with E-state index in [-0.39, 0.29) is 10.6 Å². The number of carboxylic acid groups (broad SMARTS) is 1. The van der Waals surface area contributed by atoms with E-state index in [9.17, 15) is 4.79 Å². The molecule has 0 unspecified atom stereocenters. The number of carboxylic acids is 1. The van der Waals surface area contributed by atoms with Crippen molar-refractivity contribution in [2.45, 2.75) is 0 Å². The van der Waals surface area contributed by atoms with Gasteiger partial charge in [0.15, 0.2) is 0 Å². The summed E-state index contributed by atoms with van der Waals surface area (Å²) in [5, 5.41) is 13.1. The maximum atomic E-state index is 10.8. The van der Waals surface area contributed by atoms with E-state index in [0.29, 0.717) is 5.82 Å². The molecular formula is C15H10ClN3O2. The molecule has 2 aromatic heterocycles. The molecule has 2 heterocycles. The zero-order chi connectivity index (χ0) is 14.8. The molecule has 0 aliphatic rings. The molecular weight excluding hydrogens is 290 g/mol. The Hall–Kier alpha value is -2.66. The fraction of sp³-hybridized carbons (Fsp3) is 0. The van der Waals surface area contributed by atoms with Gasteiger partial charge in [-0.2, -0.15) is 0 Å². The third-order valence-corrected chi connectivity index (χ3v) is 3.23. The van der Waals surface area contributed by atoms with Crippen LogP contribution in [0, 0.1) is 0 Å². The number of para-hydroxylation sites is 1. The maximum absolute atomic E-state index is 10.8. The number of anilines is 2. The first-order valence-corrected chi connectivity index (χ1v) is 6.52. The van der Waals surface area contributed by atoms with Crippen LogP contribution in [0.2, 0.25) is 5.02 Å². The van der Waals surface area contributed by atoms with Crippen LogP contribution in [0.25, 0.3) is 10.9 Å². The van der Waals surface area contributed by atoms with E-state index in [0.717, 1.165) is 16.6 Å². The number of pyridine rings is 2. The predicted molar refractivity (Wildman–Crippen MR) is 81.2 cm³/mol. The van der Waals surface area contributed by atoms with Crippen LogP contribution < -0.4 is 5.32 Å². The van der Waals surface area contributed by atoms with Crippen molar-refractivity contribution >= 4 is 40.0 Å². The van der Waals surface area contributed by atoms with Gasteiger partial charge in [0.1, 0.15) is 5.82 Å². The lowest BCUT2D eigenvalue weighted by Gasteiger charge is -2.08. The van der Waals surface area contributed by atoms with E-state index in [1.54, 1.807) is 6.20 Å². The Kier molecular flexibility index (Phi) is 3.41. The fourth-order valence-electron chi connectivity index (χ4n) is 1.92. The van der Waals surface area contributed by atoms with E-state index in [2.05, 4.69) is 15.3 Å². The third-order valence-electron chi connectivity index (χ3n) is 2.94. The minimum absolute atomic E-state index is 0.0437. The van der Waals surface area contributed by atoms with Crippen LogP contribution >= 0.6 is 11.6 Å². The quantitative estimate of drug-likeness (QED) is 0.771. The van der Waals surface area contributed by atoms with Crippen molar-refractivity contribution in [2.75, 3.05) is 5.32 Å². The largest absolute Gasteiger partial charge is 0.478 e. The molecule has 0 fully saturated rings. The van der Waals surface area contributed by atoms with Crippen LogP contribution in [0.1, 0.15) is 10.4 Å². The summed E-state index contributed by atoms with van der Waals surface area (Å²) in [5.41, 5.74) is 1.66. The van der Waals surface area contributed by atoms with Gasteiger partial charge in [-0.1, -0.05) is 29.8 Å². The summed E-state index contributed by atoms with van der Waals surface area (Å²) in [4.78, 5) is 19.2. The van der Waals surface area contributed by atoms with E-state index in [4.69, 9.17) is 16.7 Å². The number of hydrogen-bond donors (Lipinski definition) is 2. The molecule has 3 aromatic rings. The van der Waals surface area contributed by atoms with Gasteiger partial charge in [0.2, 0.25) is 0 Å². The van der Waals surface area contributed by atoms with Crippen molar-refractivity contribution < 1.29 is 9.90 Å². The van der Waals surface area contributed by atoms with Gasteiger partial charge < -0.3 is 10.4 Å². The number of nitrogens with one attached hydrogen (secondary N) is 1. The molecule has 104 valence electrons. The van der Waals surface area contributed by atoms with Gasteiger partial charge in [0, 0.05) is 11.6 Å². The van der Waals surface area contributed by atoms with Crippen LogP contribution in [0.3, 0.4) is 0 Å². The molecule has 0 radical (unpaired) electrons. The molecule has 0 aliphatic carbocycles. The Morgan fingerprint density at radius 3 is 2.71 bits per heavy atom. The zero-order valence-electron chi connectivity index (χ0n) is 10.7. The first kappa shape index (κ1) is 13.3. The molecule has 5 nitrogen and oxygen atoms in total. The van der Waals surface area contributed by atoms with Gasteiger partial charge in [-0.3, -0.25) is 4.98 Å². The number of hydrogen-bond acceptors (Lipinski definition) is 4. The Balaban J connectivity index is 1.93. The van der Waals surface area contributed by atoms with Gasteiger partial charge in [-0.15, -0.1) is 0 Å². The van der Waals surface area contributed by atoms with Gasteiger partial charge >= 0.3 is 5.97 Å². The average Bonchev–Trinajstić information content (AvgIpc) is 2.49. The second kappa shape index (κ2) is 5.38. The molecule has 6 heteroatoms. The van der Waals surface area contributed by atoms with Crippen molar-refractivity contribution in [3.63, 3.8) is 0 Å². The number of carbonyl (C=O) groups is 1. The Bertz CT molecular complexity index is 836. The molecule has 0 amide bonds. The maximum Gasteiger partial charge on any atom is 0.337 e. The van der Waals surface area contributed by atoms with E-state index in [1.165, 1.54) is 12.3 Å². The second-order valence-electron chi connectivity index (χ2n) is 4.40. The predicted octanol–water partition coefficient (Wildman–Crippen LogP) is 3.73. The van der Waals surface area contributed by atoms with Crippen LogP contribution in [0.4, 0.5) is 11.5 Å². The lowest BCUT2D eigenvalue weighted by atomic mass is 10.2. The molecule has 0 atom stereocenters. The Morgan fingerprint density at radius 1 is 1.14 bits per heavy atom. The monoisotopic (exact) mass is 299 g/mol. The topological polar surface area (TPSA) is 75.1 Å². The average molecular weight is 300 g/mol. The highest BCUT2D eigenvalue weighted by molar-refractivity contribution is 6.33. The summed E-state index contributed by atoms with van der Waals surface area (Å²) in [7, 11) is 0. The van der Waals surface area contributed by atoms with Crippen LogP contribution in [0.15, 0.2) is 48.8 Å². The highest BCUT2D eigenvalue weighted by Gasteiger charge is 2.09. The minimum atomic E-state index is -1.07. The SMILES string of the molecule is O=C(O)c1cnc(Nc2cnc3ccccc3c2)c(Cl)c1. The lowest BCUT2D eigenvalue weighted by molar-refractivity contribution is 0.0696. The van der Waals surface area contributed by atoms with Crippen molar-refractivity contribution in [1.29, 1.82) is 0 Å². The van der Waals surface area contributed by atoms with Crippen LogP contribution in [-0.2, 0) is 0 Å². The number of aromatic nitrogens is 2. The molecule has 0 saturated carbocycles. The number of aromatic carboxylic acids is 1. The number of nitrogens with zero attached hydrogens (tertiary/aromatic N) is 2. The Morgan fingerprint density at radius 2 is 1.95 bits per heavy atom. The van der Waals surface area contributed by atoms with Crippen molar-refractivity contribution in [2.24, 2.45) is 0 Å². The number of fused-ring (bicyclic) bond motifs is 1. The highest BCUT2D eigenvalue weighted by atomic mass is 35.5. The van der Waals surface area contributed by atoms with Crippen molar-refractivity contribution in [1.82, 2.24) is 9.97 Å². The van der Waals surface area contributed by atoms with Gasteiger partial charge in [-0.05, 0) is 18.2 Å². The smallest absolute Gasteiger partial charge is 0.337 e. The fourth-order valence-corrected chi connectivity index (χ4v) is 2.14. The molecule has 2 N–H and O–H groups in total. The summed E-state index contributed by atoms with van der Waals surface area (Å²) in [6.45, 7) is 0. The van der Waals surface area contributed by atoms with Crippen molar-refractivity contribution in [3.8, 4) is 0 Å². The lowest BCUT2D eigenvalue weighted by Crippen LogP contribution is -2.00. The summed E-state index contributed by atoms with van der Waals surface area (Å²) < 4.78 is 0. The first-order valence-electron chi connectivity index (χ1n) is 6.14. The molecule has 0 spiro atoms.